The molecule has 1 saturated heterocycles. The van der Waals surface area contributed by atoms with Crippen molar-refractivity contribution in [3.63, 3.8) is 0 Å². The number of methoxy groups -OCH3 is 3. The third-order valence-electron chi connectivity index (χ3n) is 5.24. The summed E-state index contributed by atoms with van der Waals surface area (Å²) in [5, 5.41) is 2.75. The summed E-state index contributed by atoms with van der Waals surface area (Å²) in [4.78, 5) is 13.0. The average molecular weight is 449 g/mol. The van der Waals surface area contributed by atoms with Gasteiger partial charge in [0, 0.05) is 24.7 Å². The molecule has 1 amide bonds. The monoisotopic (exact) mass is 448 g/mol. The number of hydrogen-bond donors (Lipinski definition) is 1. The Morgan fingerprint density at radius 2 is 1.48 bits per heavy atom. The SMILES string of the molecule is COc1cc(OC)cc(C(=O)Nc2cc(S(=O)(=O)N3CCCCCC3)ccc2OC)c1. The van der Waals surface area contributed by atoms with Gasteiger partial charge in [0.2, 0.25) is 10.0 Å². The number of hydrogen-bond acceptors (Lipinski definition) is 6. The Morgan fingerprint density at radius 3 is 2.03 bits per heavy atom. The van der Waals surface area contributed by atoms with Crippen LogP contribution in [0.1, 0.15) is 36.0 Å². The quantitative estimate of drug-likeness (QED) is 0.696. The van der Waals surface area contributed by atoms with Gasteiger partial charge in [-0.15, -0.1) is 0 Å². The summed E-state index contributed by atoms with van der Waals surface area (Å²) in [7, 11) is 0.786. The molecule has 2 aromatic carbocycles. The van der Waals surface area contributed by atoms with E-state index in [0.717, 1.165) is 25.7 Å². The highest BCUT2D eigenvalue weighted by Gasteiger charge is 2.26. The van der Waals surface area contributed by atoms with Gasteiger partial charge in [0.25, 0.3) is 5.91 Å². The second-order valence-corrected chi connectivity index (χ2v) is 9.17. The van der Waals surface area contributed by atoms with Crippen LogP contribution < -0.4 is 19.5 Å². The molecular formula is C22H28N2O6S. The molecule has 31 heavy (non-hydrogen) atoms. The number of carbonyl (C=O) groups is 1. The second-order valence-electron chi connectivity index (χ2n) is 7.24. The fourth-order valence-electron chi connectivity index (χ4n) is 3.51. The molecule has 0 spiro atoms. The lowest BCUT2D eigenvalue weighted by atomic mass is 10.1. The van der Waals surface area contributed by atoms with Crippen molar-refractivity contribution in [2.75, 3.05) is 39.7 Å². The molecule has 0 saturated carbocycles. The lowest BCUT2D eigenvalue weighted by Crippen LogP contribution is -2.32. The highest BCUT2D eigenvalue weighted by atomic mass is 32.2. The first-order valence-corrected chi connectivity index (χ1v) is 11.6. The highest BCUT2D eigenvalue weighted by molar-refractivity contribution is 7.89. The molecule has 0 unspecified atom stereocenters. The summed E-state index contributed by atoms with van der Waals surface area (Å²) in [6.07, 6.45) is 3.74. The number of anilines is 1. The van der Waals surface area contributed by atoms with Crippen molar-refractivity contribution in [1.29, 1.82) is 0 Å². The van der Waals surface area contributed by atoms with E-state index in [1.165, 1.54) is 37.8 Å². The highest BCUT2D eigenvalue weighted by Crippen LogP contribution is 2.31. The molecule has 1 aliphatic heterocycles. The first kappa shape index (κ1) is 22.9. The van der Waals surface area contributed by atoms with Crippen LogP contribution in [0.4, 0.5) is 5.69 Å². The van der Waals surface area contributed by atoms with E-state index in [0.29, 0.717) is 35.9 Å². The van der Waals surface area contributed by atoms with Crippen molar-refractivity contribution in [3.05, 3.63) is 42.0 Å². The predicted octanol–water partition coefficient (Wildman–Crippen LogP) is 3.53. The van der Waals surface area contributed by atoms with E-state index in [1.54, 1.807) is 24.3 Å². The van der Waals surface area contributed by atoms with Gasteiger partial charge in [-0.1, -0.05) is 12.8 Å². The normalized spacial score (nSPS) is 15.1. The smallest absolute Gasteiger partial charge is 0.256 e. The molecule has 1 N–H and O–H groups in total. The predicted molar refractivity (Wildman–Crippen MR) is 118 cm³/mol. The van der Waals surface area contributed by atoms with Crippen LogP contribution in [0.3, 0.4) is 0 Å². The Bertz CT molecular complexity index is 1010. The maximum absolute atomic E-state index is 13.2. The summed E-state index contributed by atoms with van der Waals surface area (Å²) in [5.74, 6) is 0.848. The van der Waals surface area contributed by atoms with Gasteiger partial charge in [0.15, 0.2) is 0 Å². The number of amides is 1. The third kappa shape index (κ3) is 5.29. The number of ether oxygens (including phenoxy) is 3. The van der Waals surface area contributed by atoms with E-state index in [1.807, 2.05) is 0 Å². The minimum Gasteiger partial charge on any atom is -0.497 e. The number of carbonyl (C=O) groups excluding carboxylic acids is 1. The molecule has 1 heterocycles. The number of nitrogens with zero attached hydrogens (tertiary/aromatic N) is 1. The zero-order valence-corrected chi connectivity index (χ0v) is 18.8. The lowest BCUT2D eigenvalue weighted by Gasteiger charge is -2.21. The molecular weight excluding hydrogens is 420 g/mol. The Balaban J connectivity index is 1.91. The summed E-state index contributed by atoms with van der Waals surface area (Å²) in [5.41, 5.74) is 0.573. The van der Waals surface area contributed by atoms with Crippen LogP contribution in [-0.2, 0) is 10.0 Å². The molecule has 8 nitrogen and oxygen atoms in total. The zero-order valence-electron chi connectivity index (χ0n) is 18.0. The maximum atomic E-state index is 13.2. The number of sulfonamides is 1. The van der Waals surface area contributed by atoms with Crippen molar-refractivity contribution in [2.24, 2.45) is 0 Å². The van der Waals surface area contributed by atoms with Crippen LogP contribution in [0.25, 0.3) is 0 Å². The van der Waals surface area contributed by atoms with Crippen molar-refractivity contribution in [2.45, 2.75) is 30.6 Å². The number of nitrogens with one attached hydrogen (secondary N) is 1. The number of rotatable bonds is 7. The van der Waals surface area contributed by atoms with Gasteiger partial charge in [-0.2, -0.15) is 4.31 Å². The standard InChI is InChI=1S/C22H28N2O6S/c1-28-17-12-16(13-18(14-17)29-2)22(25)23-20-15-19(8-9-21(20)30-3)31(26,27)24-10-6-4-5-7-11-24/h8-9,12-15H,4-7,10-11H2,1-3H3,(H,23,25). The van der Waals surface area contributed by atoms with Gasteiger partial charge < -0.3 is 19.5 Å². The van der Waals surface area contributed by atoms with Crippen molar-refractivity contribution >= 4 is 21.6 Å². The van der Waals surface area contributed by atoms with Gasteiger partial charge in [-0.3, -0.25) is 4.79 Å². The van der Waals surface area contributed by atoms with Gasteiger partial charge in [-0.05, 0) is 43.2 Å². The molecule has 0 bridgehead atoms. The van der Waals surface area contributed by atoms with Gasteiger partial charge in [0.1, 0.15) is 17.2 Å². The second kappa shape index (κ2) is 10.0. The first-order chi connectivity index (χ1) is 14.9. The maximum Gasteiger partial charge on any atom is 0.256 e. The van der Waals surface area contributed by atoms with Crippen LogP contribution in [0, 0.1) is 0 Å². The molecule has 0 aromatic heterocycles. The Hall–Kier alpha value is -2.78. The Morgan fingerprint density at radius 1 is 0.871 bits per heavy atom. The fourth-order valence-corrected chi connectivity index (χ4v) is 5.05. The largest absolute Gasteiger partial charge is 0.497 e. The van der Waals surface area contributed by atoms with Crippen LogP contribution in [-0.4, -0.2) is 53.0 Å². The van der Waals surface area contributed by atoms with E-state index in [9.17, 15) is 13.2 Å². The molecule has 1 aliphatic rings. The number of benzene rings is 2. The first-order valence-electron chi connectivity index (χ1n) is 10.1. The van der Waals surface area contributed by atoms with Crippen molar-refractivity contribution < 1.29 is 27.4 Å². The molecule has 3 rings (SSSR count). The van der Waals surface area contributed by atoms with Gasteiger partial charge in [0.05, 0.1) is 31.9 Å². The topological polar surface area (TPSA) is 94.2 Å². The molecule has 1 fully saturated rings. The van der Waals surface area contributed by atoms with Gasteiger partial charge in [-0.25, -0.2) is 8.42 Å². The van der Waals surface area contributed by atoms with Crippen LogP contribution in [0.2, 0.25) is 0 Å². The van der Waals surface area contributed by atoms with E-state index in [4.69, 9.17) is 14.2 Å². The molecule has 9 heteroatoms. The molecule has 2 aromatic rings. The van der Waals surface area contributed by atoms with E-state index >= 15 is 0 Å². The average Bonchev–Trinajstić information content (AvgIpc) is 3.08. The van der Waals surface area contributed by atoms with Gasteiger partial charge >= 0.3 is 0 Å². The van der Waals surface area contributed by atoms with E-state index in [-0.39, 0.29) is 10.6 Å². The molecule has 0 aliphatic carbocycles. The molecule has 0 atom stereocenters. The Kier molecular flexibility index (Phi) is 7.40. The molecule has 0 radical (unpaired) electrons. The van der Waals surface area contributed by atoms with Crippen LogP contribution in [0.15, 0.2) is 41.3 Å². The molecule has 168 valence electrons. The summed E-state index contributed by atoms with van der Waals surface area (Å²) in [6.45, 7) is 0.999. The fraction of sp³-hybridized carbons (Fsp3) is 0.409. The Labute approximate surface area is 183 Å². The van der Waals surface area contributed by atoms with Crippen LogP contribution in [0.5, 0.6) is 17.2 Å². The summed E-state index contributed by atoms with van der Waals surface area (Å²) < 4.78 is 43.6. The van der Waals surface area contributed by atoms with Crippen LogP contribution >= 0.6 is 0 Å². The van der Waals surface area contributed by atoms with E-state index in [2.05, 4.69) is 5.32 Å². The minimum atomic E-state index is -3.67. The summed E-state index contributed by atoms with van der Waals surface area (Å²) in [6, 6.07) is 9.29. The minimum absolute atomic E-state index is 0.119. The third-order valence-corrected chi connectivity index (χ3v) is 7.13. The lowest BCUT2D eigenvalue weighted by molar-refractivity contribution is 0.102. The summed E-state index contributed by atoms with van der Waals surface area (Å²) >= 11 is 0. The van der Waals surface area contributed by atoms with Crippen molar-refractivity contribution in [1.82, 2.24) is 4.31 Å². The van der Waals surface area contributed by atoms with Crippen molar-refractivity contribution in [3.8, 4) is 17.2 Å². The zero-order chi connectivity index (χ0) is 22.4. The van der Waals surface area contributed by atoms with E-state index < -0.39 is 15.9 Å².